The maximum absolute atomic E-state index is 5.90. The third-order valence-electron chi connectivity index (χ3n) is 2.71. The van der Waals surface area contributed by atoms with Gasteiger partial charge in [-0.25, -0.2) is 4.98 Å². The summed E-state index contributed by atoms with van der Waals surface area (Å²) in [6.45, 7) is 8.05. The van der Waals surface area contributed by atoms with Crippen LogP contribution in [-0.2, 0) is 0 Å². The fourth-order valence-electron chi connectivity index (χ4n) is 1.45. The molecule has 2 atom stereocenters. The van der Waals surface area contributed by atoms with Crippen molar-refractivity contribution < 1.29 is 0 Å². The highest BCUT2D eigenvalue weighted by atomic mass is 15.1. The highest BCUT2D eigenvalue weighted by Crippen LogP contribution is 2.14. The smallest absolute Gasteiger partial charge is 0.154 e. The van der Waals surface area contributed by atoms with Crippen molar-refractivity contribution in [2.75, 3.05) is 7.05 Å². The zero-order valence-electron chi connectivity index (χ0n) is 10.2. The van der Waals surface area contributed by atoms with Gasteiger partial charge in [0.15, 0.2) is 5.82 Å². The van der Waals surface area contributed by atoms with Crippen molar-refractivity contribution in [3.8, 4) is 0 Å². The van der Waals surface area contributed by atoms with Crippen LogP contribution >= 0.6 is 0 Å². The highest BCUT2D eigenvalue weighted by molar-refractivity contribution is 5.95. The minimum absolute atomic E-state index is 0.0991. The number of aromatic nitrogens is 2. The number of aliphatic imine (C=N–C) groups is 1. The molecule has 0 saturated heterocycles. The topological polar surface area (TPSA) is 56.2 Å². The van der Waals surface area contributed by atoms with Crippen molar-refractivity contribution in [3.63, 3.8) is 0 Å². The van der Waals surface area contributed by atoms with Crippen LogP contribution in [0.4, 0.5) is 0 Å². The van der Waals surface area contributed by atoms with Gasteiger partial charge in [-0.3, -0.25) is 4.99 Å². The molecule has 84 valence electrons. The number of nitrogens with zero attached hydrogens (tertiary/aromatic N) is 3. The second kappa shape index (κ2) is 4.57. The van der Waals surface area contributed by atoms with E-state index in [1.807, 2.05) is 27.0 Å². The molecule has 15 heavy (non-hydrogen) atoms. The van der Waals surface area contributed by atoms with Crippen LogP contribution in [0, 0.1) is 6.92 Å². The van der Waals surface area contributed by atoms with Crippen LogP contribution in [0.5, 0.6) is 0 Å². The largest absolute Gasteiger partial charge is 0.326 e. The van der Waals surface area contributed by atoms with Crippen LogP contribution in [0.25, 0.3) is 0 Å². The first-order valence-corrected chi connectivity index (χ1v) is 5.22. The van der Waals surface area contributed by atoms with Gasteiger partial charge in [-0.05, 0) is 27.7 Å². The summed E-state index contributed by atoms with van der Waals surface area (Å²) < 4.78 is 2.10. The SMILES string of the molecule is CN=C(C)c1nc(C)cn1C(C)[C@H](C)N. The molecule has 0 fully saturated rings. The molecule has 4 heteroatoms. The minimum Gasteiger partial charge on any atom is -0.326 e. The molecule has 0 saturated carbocycles. The Morgan fingerprint density at radius 3 is 2.60 bits per heavy atom. The van der Waals surface area contributed by atoms with Gasteiger partial charge in [0.25, 0.3) is 0 Å². The molecule has 1 heterocycles. The summed E-state index contributed by atoms with van der Waals surface area (Å²) in [5, 5.41) is 0. The maximum atomic E-state index is 5.90. The lowest BCUT2D eigenvalue weighted by Crippen LogP contribution is -2.28. The predicted molar refractivity (Wildman–Crippen MR) is 63.5 cm³/mol. The van der Waals surface area contributed by atoms with Crippen LogP contribution in [0.2, 0.25) is 0 Å². The van der Waals surface area contributed by atoms with Gasteiger partial charge in [0.2, 0.25) is 0 Å². The zero-order chi connectivity index (χ0) is 11.6. The molecule has 0 bridgehead atoms. The molecule has 2 N–H and O–H groups in total. The Hall–Kier alpha value is -1.16. The van der Waals surface area contributed by atoms with E-state index < -0.39 is 0 Å². The lowest BCUT2D eigenvalue weighted by molar-refractivity contribution is 0.462. The fraction of sp³-hybridized carbons (Fsp3) is 0.636. The lowest BCUT2D eigenvalue weighted by atomic mass is 10.2. The van der Waals surface area contributed by atoms with E-state index in [0.717, 1.165) is 17.2 Å². The Bertz CT molecular complexity index is 363. The van der Waals surface area contributed by atoms with Gasteiger partial charge < -0.3 is 10.3 Å². The van der Waals surface area contributed by atoms with Gasteiger partial charge in [-0.2, -0.15) is 0 Å². The highest BCUT2D eigenvalue weighted by Gasteiger charge is 2.16. The summed E-state index contributed by atoms with van der Waals surface area (Å²) in [6.07, 6.45) is 2.03. The van der Waals surface area contributed by atoms with Crippen molar-refractivity contribution in [2.45, 2.75) is 39.8 Å². The zero-order valence-corrected chi connectivity index (χ0v) is 10.2. The number of imidazole rings is 1. The number of rotatable bonds is 3. The Morgan fingerprint density at radius 1 is 1.53 bits per heavy atom. The number of nitrogens with two attached hydrogens (primary N) is 1. The van der Waals surface area contributed by atoms with Crippen molar-refractivity contribution >= 4 is 5.71 Å². The van der Waals surface area contributed by atoms with Crippen molar-refractivity contribution in [3.05, 3.63) is 17.7 Å². The Labute approximate surface area is 91.2 Å². The molecule has 0 amide bonds. The molecular weight excluding hydrogens is 188 g/mol. The lowest BCUT2D eigenvalue weighted by Gasteiger charge is -2.19. The molecule has 1 rings (SSSR count). The van der Waals surface area contributed by atoms with E-state index in [4.69, 9.17) is 5.73 Å². The third kappa shape index (κ3) is 2.45. The molecular formula is C11H20N4. The molecule has 4 nitrogen and oxygen atoms in total. The van der Waals surface area contributed by atoms with E-state index in [1.54, 1.807) is 7.05 Å². The summed E-state index contributed by atoms with van der Waals surface area (Å²) in [6, 6.07) is 0.333. The second-order valence-corrected chi connectivity index (χ2v) is 4.02. The van der Waals surface area contributed by atoms with E-state index in [0.29, 0.717) is 0 Å². The molecule has 0 radical (unpaired) electrons. The summed E-state index contributed by atoms with van der Waals surface area (Å²) in [5.41, 5.74) is 7.84. The minimum atomic E-state index is 0.0991. The molecule has 0 spiro atoms. The molecule has 1 aromatic heterocycles. The van der Waals surface area contributed by atoms with Crippen LogP contribution in [-0.4, -0.2) is 28.4 Å². The number of aryl methyl sites for hydroxylation is 1. The average Bonchev–Trinajstić information content (AvgIpc) is 2.57. The standard InChI is InChI=1S/C11H20N4/c1-7-6-15(10(4)8(2)12)11(14-7)9(3)13-5/h6,8,10H,12H2,1-5H3/t8-,10?/m0/s1. The molecule has 0 aromatic carbocycles. The van der Waals surface area contributed by atoms with Gasteiger partial charge in [0, 0.05) is 25.3 Å². The summed E-state index contributed by atoms with van der Waals surface area (Å²) in [7, 11) is 1.78. The molecule has 0 aliphatic rings. The van der Waals surface area contributed by atoms with Gasteiger partial charge in [0.1, 0.15) is 0 Å². The van der Waals surface area contributed by atoms with Crippen LogP contribution < -0.4 is 5.73 Å². The normalized spacial score (nSPS) is 16.5. The Morgan fingerprint density at radius 2 is 2.13 bits per heavy atom. The van der Waals surface area contributed by atoms with Crippen LogP contribution in [0.3, 0.4) is 0 Å². The molecule has 0 aliphatic carbocycles. The van der Waals surface area contributed by atoms with Crippen molar-refractivity contribution in [1.29, 1.82) is 0 Å². The predicted octanol–water partition coefficient (Wildman–Crippen LogP) is 1.54. The monoisotopic (exact) mass is 208 g/mol. The summed E-state index contributed by atoms with van der Waals surface area (Å²) in [5.74, 6) is 0.916. The first-order valence-electron chi connectivity index (χ1n) is 5.22. The van der Waals surface area contributed by atoms with Gasteiger partial charge in [-0.1, -0.05) is 0 Å². The Kier molecular flexibility index (Phi) is 3.63. The third-order valence-corrected chi connectivity index (χ3v) is 2.71. The first-order chi connectivity index (χ1) is 6.97. The van der Waals surface area contributed by atoms with Gasteiger partial charge in [-0.15, -0.1) is 0 Å². The van der Waals surface area contributed by atoms with Crippen molar-refractivity contribution in [2.24, 2.45) is 10.7 Å². The van der Waals surface area contributed by atoms with Gasteiger partial charge in [0.05, 0.1) is 11.4 Å². The first kappa shape index (κ1) is 11.9. The molecule has 1 unspecified atom stereocenters. The maximum Gasteiger partial charge on any atom is 0.154 e. The average molecular weight is 208 g/mol. The van der Waals surface area contributed by atoms with E-state index in [1.165, 1.54) is 0 Å². The van der Waals surface area contributed by atoms with E-state index in [2.05, 4.69) is 21.5 Å². The van der Waals surface area contributed by atoms with E-state index in [9.17, 15) is 0 Å². The molecule has 0 aliphatic heterocycles. The van der Waals surface area contributed by atoms with Crippen molar-refractivity contribution in [1.82, 2.24) is 9.55 Å². The Balaban J connectivity index is 3.17. The fourth-order valence-corrected chi connectivity index (χ4v) is 1.45. The quantitative estimate of drug-likeness (QED) is 0.766. The van der Waals surface area contributed by atoms with Gasteiger partial charge >= 0.3 is 0 Å². The van der Waals surface area contributed by atoms with Crippen LogP contribution in [0.1, 0.15) is 38.3 Å². The summed E-state index contributed by atoms with van der Waals surface area (Å²) >= 11 is 0. The van der Waals surface area contributed by atoms with E-state index in [-0.39, 0.29) is 12.1 Å². The molecule has 1 aromatic rings. The van der Waals surface area contributed by atoms with E-state index >= 15 is 0 Å². The second-order valence-electron chi connectivity index (χ2n) is 4.02. The number of hydrogen-bond donors (Lipinski definition) is 1. The number of hydrogen-bond acceptors (Lipinski definition) is 3. The van der Waals surface area contributed by atoms with Crippen LogP contribution in [0.15, 0.2) is 11.2 Å². The summed E-state index contributed by atoms with van der Waals surface area (Å²) in [4.78, 5) is 8.63.